The van der Waals surface area contributed by atoms with Gasteiger partial charge in [0.2, 0.25) is 5.71 Å². The molecule has 5 rings (SSSR count). The number of rotatable bonds is 5. The van der Waals surface area contributed by atoms with Crippen molar-refractivity contribution in [2.45, 2.75) is 46.8 Å². The molecule has 11 nitrogen and oxygen atoms in total. The van der Waals surface area contributed by atoms with Gasteiger partial charge < -0.3 is 19.6 Å². The molecule has 4 aromatic heterocycles. The van der Waals surface area contributed by atoms with Gasteiger partial charge in [0.15, 0.2) is 12.4 Å². The lowest BCUT2D eigenvalue weighted by Crippen LogP contribution is -2.20. The van der Waals surface area contributed by atoms with Crippen LogP contribution in [0.5, 0.6) is 0 Å². The van der Waals surface area contributed by atoms with Gasteiger partial charge in [-0.05, 0) is 32.8 Å². The van der Waals surface area contributed by atoms with Crippen molar-refractivity contribution in [2.24, 2.45) is 0 Å². The molecular formula is C22H21N5O6S. The zero-order valence-corrected chi connectivity index (χ0v) is 19.6. The van der Waals surface area contributed by atoms with Crippen LogP contribution in [0.4, 0.5) is 5.82 Å². The number of ether oxygens (including phenoxy) is 2. The molecule has 0 fully saturated rings. The van der Waals surface area contributed by atoms with Crippen LogP contribution < -0.4 is 11.3 Å². The van der Waals surface area contributed by atoms with Gasteiger partial charge in [0.1, 0.15) is 32.7 Å². The highest BCUT2D eigenvalue weighted by Gasteiger charge is 2.26. The number of hydrogen-bond acceptors (Lipinski definition) is 11. The van der Waals surface area contributed by atoms with E-state index in [2.05, 4.69) is 15.0 Å². The lowest BCUT2D eigenvalue weighted by Gasteiger charge is -2.05. The van der Waals surface area contributed by atoms with E-state index in [0.717, 1.165) is 30.0 Å². The summed E-state index contributed by atoms with van der Waals surface area (Å²) in [6.07, 6.45) is 1.63. The van der Waals surface area contributed by atoms with E-state index < -0.39 is 11.9 Å². The first-order valence-electron chi connectivity index (χ1n) is 10.7. The van der Waals surface area contributed by atoms with Crippen LogP contribution >= 0.6 is 11.3 Å². The Hall–Kier alpha value is -3.80. The van der Waals surface area contributed by atoms with Crippen molar-refractivity contribution in [2.75, 3.05) is 12.3 Å². The number of anilines is 1. The van der Waals surface area contributed by atoms with Crippen LogP contribution in [0.1, 0.15) is 56.3 Å². The fourth-order valence-electron chi connectivity index (χ4n) is 4.16. The van der Waals surface area contributed by atoms with Gasteiger partial charge in [-0.3, -0.25) is 9.36 Å². The number of carbonyl (C=O) groups is 2. The number of aryl methyl sites for hydroxylation is 3. The second kappa shape index (κ2) is 8.20. The van der Waals surface area contributed by atoms with Gasteiger partial charge in [-0.1, -0.05) is 0 Å². The van der Waals surface area contributed by atoms with Crippen LogP contribution in [0.3, 0.4) is 0 Å². The van der Waals surface area contributed by atoms with Crippen molar-refractivity contribution in [1.82, 2.24) is 19.5 Å². The molecule has 176 valence electrons. The van der Waals surface area contributed by atoms with Crippen LogP contribution in [0.15, 0.2) is 9.21 Å². The minimum Gasteiger partial charge on any atom is -0.462 e. The van der Waals surface area contributed by atoms with E-state index in [1.807, 2.05) is 0 Å². The summed E-state index contributed by atoms with van der Waals surface area (Å²) < 4.78 is 17.7. The van der Waals surface area contributed by atoms with Gasteiger partial charge in [0, 0.05) is 13.0 Å². The fraction of sp³-hybridized carbons (Fsp3) is 0.364. The first kappa shape index (κ1) is 22.0. The van der Waals surface area contributed by atoms with Crippen LogP contribution in [0.2, 0.25) is 0 Å². The Kier molecular flexibility index (Phi) is 5.31. The Balaban J connectivity index is 1.42. The maximum atomic E-state index is 12.8. The van der Waals surface area contributed by atoms with Gasteiger partial charge in [-0.2, -0.15) is 4.98 Å². The molecule has 34 heavy (non-hydrogen) atoms. The Morgan fingerprint density at radius 3 is 2.71 bits per heavy atom. The number of nitrogens with zero attached hydrogens (tertiary/aromatic N) is 4. The smallest absolute Gasteiger partial charge is 0.349 e. The van der Waals surface area contributed by atoms with E-state index in [1.165, 1.54) is 0 Å². The third kappa shape index (κ3) is 3.41. The third-order valence-electron chi connectivity index (χ3n) is 5.71. The highest BCUT2D eigenvalue weighted by atomic mass is 32.1. The number of nitrogens with two attached hydrogens (primary N) is 1. The molecule has 2 N–H and O–H groups in total. The molecule has 0 saturated heterocycles. The molecule has 0 aromatic carbocycles. The molecule has 0 unspecified atom stereocenters. The van der Waals surface area contributed by atoms with Gasteiger partial charge in [0.25, 0.3) is 5.56 Å². The Morgan fingerprint density at radius 1 is 1.15 bits per heavy atom. The van der Waals surface area contributed by atoms with Gasteiger partial charge in [-0.15, -0.1) is 11.3 Å². The first-order chi connectivity index (χ1) is 16.3. The number of esters is 2. The zero-order chi connectivity index (χ0) is 24.1. The summed E-state index contributed by atoms with van der Waals surface area (Å²) in [4.78, 5) is 51.7. The number of carbonyl (C=O) groups excluding carboxylic acids is 2. The predicted octanol–water partition coefficient (Wildman–Crippen LogP) is 2.67. The van der Waals surface area contributed by atoms with E-state index in [-0.39, 0.29) is 47.1 Å². The highest BCUT2D eigenvalue weighted by molar-refractivity contribution is 7.20. The maximum Gasteiger partial charge on any atom is 0.349 e. The Labute approximate surface area is 196 Å². The van der Waals surface area contributed by atoms with Crippen molar-refractivity contribution in [3.05, 3.63) is 43.8 Å². The molecule has 0 atom stereocenters. The zero-order valence-electron chi connectivity index (χ0n) is 18.8. The molecule has 0 spiro atoms. The van der Waals surface area contributed by atoms with E-state index in [1.54, 1.807) is 25.3 Å². The van der Waals surface area contributed by atoms with Crippen LogP contribution in [0.25, 0.3) is 21.3 Å². The molecule has 0 saturated carbocycles. The molecular weight excluding hydrogens is 462 g/mol. The largest absolute Gasteiger partial charge is 0.462 e. The second-order valence-electron chi connectivity index (χ2n) is 7.86. The van der Waals surface area contributed by atoms with Crippen molar-refractivity contribution in [3.8, 4) is 0 Å². The van der Waals surface area contributed by atoms with Crippen LogP contribution in [0, 0.1) is 13.8 Å². The van der Waals surface area contributed by atoms with Crippen molar-refractivity contribution in [1.29, 1.82) is 0 Å². The quantitative estimate of drug-likeness (QED) is 0.419. The summed E-state index contributed by atoms with van der Waals surface area (Å²) in [5.41, 5.74) is 6.75. The minimum absolute atomic E-state index is 0.0146. The number of thiophene rings is 1. The molecule has 0 bridgehead atoms. The molecule has 1 aliphatic heterocycles. The summed E-state index contributed by atoms with van der Waals surface area (Å²) in [6, 6.07) is 0. The van der Waals surface area contributed by atoms with E-state index in [0.29, 0.717) is 33.0 Å². The van der Waals surface area contributed by atoms with Crippen LogP contribution in [-0.4, -0.2) is 38.1 Å². The topological polar surface area (TPSA) is 152 Å². The average Bonchev–Trinajstić information content (AvgIpc) is 3.48. The lowest BCUT2D eigenvalue weighted by atomic mass is 10.2. The standard InChI is InChI=1S/C22H21N5O6S/c1-4-31-21(29)14-10(3)33-18-15(14)17(23)24-11(25-18)8-32-22(30)16-9(2)13-19(34-16)26-12-6-5-7-27(12)20(13)28/h4-8H2,1-3H3,(H2,23,24,25). The summed E-state index contributed by atoms with van der Waals surface area (Å²) in [5, 5.41) is 0.702. The number of nitrogen functional groups attached to an aromatic ring is 1. The second-order valence-corrected chi connectivity index (χ2v) is 8.86. The van der Waals surface area contributed by atoms with Crippen molar-refractivity contribution >= 4 is 50.4 Å². The highest BCUT2D eigenvalue weighted by Crippen LogP contribution is 2.31. The fourth-order valence-corrected chi connectivity index (χ4v) is 5.25. The third-order valence-corrected chi connectivity index (χ3v) is 6.88. The molecule has 5 heterocycles. The summed E-state index contributed by atoms with van der Waals surface area (Å²) in [7, 11) is 0. The monoisotopic (exact) mass is 483 g/mol. The van der Waals surface area contributed by atoms with E-state index in [4.69, 9.17) is 19.6 Å². The molecule has 0 aliphatic carbocycles. The lowest BCUT2D eigenvalue weighted by molar-refractivity contribution is 0.0466. The molecule has 0 amide bonds. The number of aromatic nitrogens is 4. The predicted molar refractivity (Wildman–Crippen MR) is 123 cm³/mol. The molecule has 4 aromatic rings. The summed E-state index contributed by atoms with van der Waals surface area (Å²) in [5.74, 6) is -0.0275. The van der Waals surface area contributed by atoms with Gasteiger partial charge in [0.05, 0.1) is 17.4 Å². The van der Waals surface area contributed by atoms with Gasteiger partial charge >= 0.3 is 11.9 Å². The normalized spacial score (nSPS) is 12.9. The number of hydrogen-bond donors (Lipinski definition) is 1. The van der Waals surface area contributed by atoms with E-state index in [9.17, 15) is 14.4 Å². The van der Waals surface area contributed by atoms with E-state index >= 15 is 0 Å². The minimum atomic E-state index is -0.616. The van der Waals surface area contributed by atoms with Crippen LogP contribution in [-0.2, 0) is 29.0 Å². The number of fused-ring (bicyclic) bond motifs is 3. The average molecular weight is 484 g/mol. The summed E-state index contributed by atoms with van der Waals surface area (Å²) in [6.45, 7) is 5.57. The Morgan fingerprint density at radius 2 is 1.94 bits per heavy atom. The van der Waals surface area contributed by atoms with Crippen molar-refractivity contribution < 1.29 is 23.5 Å². The first-order valence-corrected chi connectivity index (χ1v) is 11.5. The summed E-state index contributed by atoms with van der Waals surface area (Å²) >= 11 is 1.13. The Bertz CT molecular complexity index is 1550. The molecule has 12 heteroatoms. The van der Waals surface area contributed by atoms with Crippen molar-refractivity contribution in [3.63, 3.8) is 0 Å². The molecule has 1 aliphatic rings. The molecule has 0 radical (unpaired) electrons. The van der Waals surface area contributed by atoms with Gasteiger partial charge in [-0.25, -0.2) is 19.6 Å². The SMILES string of the molecule is CCOC(=O)c1c(C)oc2nc(COC(=O)c3sc4nc5n(c(=O)c4c3C)CCC5)nc(N)c12. The number of furan rings is 1. The maximum absolute atomic E-state index is 12.8.